The number of hydrogen-bond acceptors (Lipinski definition) is 3. The molecule has 2 aliphatic rings. The predicted molar refractivity (Wildman–Crippen MR) is 92.1 cm³/mol. The number of nitrogens with one attached hydrogen (secondary N) is 1. The molecule has 0 spiro atoms. The van der Waals surface area contributed by atoms with Crippen LogP contribution >= 0.6 is 11.6 Å². The van der Waals surface area contributed by atoms with Crippen molar-refractivity contribution >= 4 is 17.3 Å². The molecule has 2 N–H and O–H groups in total. The smallest absolute Gasteiger partial charge is 0.134 e. The van der Waals surface area contributed by atoms with Gasteiger partial charge < -0.3 is 15.2 Å². The number of hydrogen-bond donors (Lipinski definition) is 2. The molecular weight excluding hydrogens is 310 g/mol. The Kier molecular flexibility index (Phi) is 3.70. The summed E-state index contributed by atoms with van der Waals surface area (Å²) in [7, 11) is 0. The highest BCUT2D eigenvalue weighted by atomic mass is 35.5. The summed E-state index contributed by atoms with van der Waals surface area (Å²) >= 11 is 6.12. The van der Waals surface area contributed by atoms with Crippen LogP contribution in [0.2, 0.25) is 5.02 Å². The summed E-state index contributed by atoms with van der Waals surface area (Å²) in [4.78, 5) is 0. The number of rotatable bonds is 1. The minimum absolute atomic E-state index is 0.123. The summed E-state index contributed by atoms with van der Waals surface area (Å²) in [6, 6.07) is 12.1. The van der Waals surface area contributed by atoms with Gasteiger partial charge in [-0.05, 0) is 43.5 Å². The maximum absolute atomic E-state index is 9.69. The molecule has 1 saturated heterocycles. The van der Waals surface area contributed by atoms with Crippen molar-refractivity contribution in [3.8, 4) is 5.75 Å². The zero-order chi connectivity index (χ0) is 16.0. The molecule has 0 amide bonds. The number of aryl methyl sites for hydroxylation is 1. The first-order valence-corrected chi connectivity index (χ1v) is 8.48. The molecule has 1 fully saturated rings. The standard InChI is InChI=1S/C19H20ClNO2/c1-11-4-6-16-14(9-11)19-13(3-2-8-23-19)18(21-16)12-5-7-17(22)15(20)10-12/h4-7,9-10,13,18-19,21-22H,2-3,8H2,1H3/t13-,18-,19-/m0/s1. The molecule has 0 unspecified atom stereocenters. The van der Waals surface area contributed by atoms with Gasteiger partial charge in [-0.1, -0.05) is 35.4 Å². The first kappa shape index (κ1) is 14.9. The third-order valence-electron chi connectivity index (χ3n) is 4.95. The SMILES string of the molecule is Cc1ccc2c(c1)[C@H]1OCCC[C@H]1[C@H](c1ccc(O)c(Cl)c1)N2. The molecular formula is C19H20ClNO2. The molecule has 4 rings (SSSR count). The van der Waals surface area contributed by atoms with Crippen molar-refractivity contribution < 1.29 is 9.84 Å². The molecule has 0 aliphatic carbocycles. The van der Waals surface area contributed by atoms with Gasteiger partial charge in [-0.15, -0.1) is 0 Å². The fourth-order valence-corrected chi connectivity index (χ4v) is 4.03. The molecule has 2 aromatic carbocycles. The van der Waals surface area contributed by atoms with Crippen molar-refractivity contribution in [3.05, 3.63) is 58.1 Å². The lowest BCUT2D eigenvalue weighted by Crippen LogP contribution is -2.36. The molecule has 0 saturated carbocycles. The summed E-state index contributed by atoms with van der Waals surface area (Å²) in [5, 5.41) is 13.7. The van der Waals surface area contributed by atoms with Crippen LogP contribution in [-0.4, -0.2) is 11.7 Å². The Bertz CT molecular complexity index is 746. The molecule has 2 heterocycles. The molecule has 2 aliphatic heterocycles. The predicted octanol–water partition coefficient (Wildman–Crippen LogP) is 4.99. The van der Waals surface area contributed by atoms with E-state index in [-0.39, 0.29) is 17.9 Å². The highest BCUT2D eigenvalue weighted by Crippen LogP contribution is 2.49. The largest absolute Gasteiger partial charge is 0.506 e. The Labute approximate surface area is 141 Å². The van der Waals surface area contributed by atoms with Gasteiger partial charge in [0.2, 0.25) is 0 Å². The molecule has 0 bridgehead atoms. The average molecular weight is 330 g/mol. The van der Waals surface area contributed by atoms with Crippen LogP contribution < -0.4 is 5.32 Å². The van der Waals surface area contributed by atoms with Gasteiger partial charge in [0.15, 0.2) is 0 Å². The number of phenols is 1. The van der Waals surface area contributed by atoms with Gasteiger partial charge in [-0.25, -0.2) is 0 Å². The summed E-state index contributed by atoms with van der Waals surface area (Å²) in [6.07, 6.45) is 2.32. The number of anilines is 1. The quantitative estimate of drug-likeness (QED) is 0.774. The number of benzene rings is 2. The fourth-order valence-electron chi connectivity index (χ4n) is 3.84. The van der Waals surface area contributed by atoms with Gasteiger partial charge in [0.25, 0.3) is 0 Å². The van der Waals surface area contributed by atoms with Gasteiger partial charge in [-0.3, -0.25) is 0 Å². The molecule has 120 valence electrons. The maximum atomic E-state index is 9.69. The lowest BCUT2D eigenvalue weighted by Gasteiger charge is -2.43. The number of phenolic OH excluding ortho intramolecular Hbond substituents is 1. The lowest BCUT2D eigenvalue weighted by molar-refractivity contribution is -0.0381. The van der Waals surface area contributed by atoms with Gasteiger partial charge in [0.05, 0.1) is 17.2 Å². The average Bonchev–Trinajstić information content (AvgIpc) is 2.57. The van der Waals surface area contributed by atoms with E-state index in [0.717, 1.165) is 30.7 Å². The van der Waals surface area contributed by atoms with E-state index in [1.807, 2.05) is 12.1 Å². The van der Waals surface area contributed by atoms with Crippen LogP contribution in [0.3, 0.4) is 0 Å². The third kappa shape index (κ3) is 2.58. The van der Waals surface area contributed by atoms with Gasteiger partial charge in [0, 0.05) is 23.8 Å². The Morgan fingerprint density at radius 3 is 2.91 bits per heavy atom. The number of fused-ring (bicyclic) bond motifs is 3. The van der Waals surface area contributed by atoms with Crippen molar-refractivity contribution in [2.75, 3.05) is 11.9 Å². The Morgan fingerprint density at radius 1 is 1.22 bits per heavy atom. The third-order valence-corrected chi connectivity index (χ3v) is 5.25. The minimum Gasteiger partial charge on any atom is -0.506 e. The summed E-state index contributed by atoms with van der Waals surface area (Å²) < 4.78 is 6.15. The molecule has 3 atom stereocenters. The van der Waals surface area contributed by atoms with Crippen molar-refractivity contribution in [3.63, 3.8) is 0 Å². The van der Waals surface area contributed by atoms with Crippen LogP contribution in [0.5, 0.6) is 5.75 Å². The monoisotopic (exact) mass is 329 g/mol. The molecule has 0 aromatic heterocycles. The highest BCUT2D eigenvalue weighted by Gasteiger charge is 2.39. The van der Waals surface area contributed by atoms with E-state index in [1.54, 1.807) is 6.07 Å². The highest BCUT2D eigenvalue weighted by molar-refractivity contribution is 6.32. The molecule has 23 heavy (non-hydrogen) atoms. The van der Waals surface area contributed by atoms with Crippen molar-refractivity contribution in [2.45, 2.75) is 31.9 Å². The molecule has 2 aromatic rings. The fraction of sp³-hybridized carbons (Fsp3) is 0.368. The molecule has 3 nitrogen and oxygen atoms in total. The van der Waals surface area contributed by atoms with Gasteiger partial charge in [-0.2, -0.15) is 0 Å². The van der Waals surface area contributed by atoms with Crippen LogP contribution in [-0.2, 0) is 4.74 Å². The molecule has 0 radical (unpaired) electrons. The second-order valence-electron chi connectivity index (χ2n) is 6.52. The Balaban J connectivity index is 1.78. The van der Waals surface area contributed by atoms with E-state index >= 15 is 0 Å². The first-order chi connectivity index (χ1) is 11.1. The zero-order valence-electron chi connectivity index (χ0n) is 13.1. The second-order valence-corrected chi connectivity index (χ2v) is 6.93. The summed E-state index contributed by atoms with van der Waals surface area (Å²) in [5.74, 6) is 0.498. The van der Waals surface area contributed by atoms with E-state index in [2.05, 4.69) is 30.4 Å². The zero-order valence-corrected chi connectivity index (χ0v) is 13.8. The van der Waals surface area contributed by atoms with Gasteiger partial charge in [0.1, 0.15) is 5.75 Å². The minimum atomic E-state index is 0.123. The summed E-state index contributed by atoms with van der Waals surface area (Å²) in [5.41, 5.74) is 4.74. The van der Waals surface area contributed by atoms with Crippen molar-refractivity contribution in [1.29, 1.82) is 0 Å². The number of halogens is 1. The maximum Gasteiger partial charge on any atom is 0.134 e. The van der Waals surface area contributed by atoms with E-state index in [9.17, 15) is 5.11 Å². The van der Waals surface area contributed by atoms with Crippen LogP contribution in [0.25, 0.3) is 0 Å². The van der Waals surface area contributed by atoms with Crippen molar-refractivity contribution in [2.24, 2.45) is 5.92 Å². The summed E-state index contributed by atoms with van der Waals surface area (Å²) in [6.45, 7) is 2.93. The van der Waals surface area contributed by atoms with Crippen LogP contribution in [0.1, 0.15) is 41.7 Å². The Hall–Kier alpha value is -1.71. The van der Waals surface area contributed by atoms with E-state index in [0.29, 0.717) is 10.9 Å². The van der Waals surface area contributed by atoms with Gasteiger partial charge >= 0.3 is 0 Å². The number of ether oxygens (including phenoxy) is 1. The van der Waals surface area contributed by atoms with E-state index < -0.39 is 0 Å². The van der Waals surface area contributed by atoms with E-state index in [4.69, 9.17) is 16.3 Å². The normalized spacial score (nSPS) is 26.1. The Morgan fingerprint density at radius 2 is 2.09 bits per heavy atom. The first-order valence-electron chi connectivity index (χ1n) is 8.10. The van der Waals surface area contributed by atoms with Crippen LogP contribution in [0, 0.1) is 12.8 Å². The van der Waals surface area contributed by atoms with Crippen LogP contribution in [0.15, 0.2) is 36.4 Å². The molecule has 4 heteroatoms. The second kappa shape index (κ2) is 5.73. The van der Waals surface area contributed by atoms with E-state index in [1.165, 1.54) is 11.1 Å². The lowest BCUT2D eigenvalue weighted by atomic mass is 9.77. The van der Waals surface area contributed by atoms with Crippen molar-refractivity contribution in [1.82, 2.24) is 0 Å². The van der Waals surface area contributed by atoms with Crippen LogP contribution in [0.4, 0.5) is 5.69 Å². The topological polar surface area (TPSA) is 41.5 Å². The number of aromatic hydroxyl groups is 1.